The van der Waals surface area contributed by atoms with Gasteiger partial charge in [-0.15, -0.1) is 0 Å². The van der Waals surface area contributed by atoms with E-state index in [2.05, 4.69) is 4.98 Å². The van der Waals surface area contributed by atoms with Gasteiger partial charge in [-0.3, -0.25) is 4.79 Å². The molecule has 4 heteroatoms. The third-order valence-electron chi connectivity index (χ3n) is 3.77. The second-order valence-electron chi connectivity index (χ2n) is 5.70. The Morgan fingerprint density at radius 1 is 1.42 bits per heavy atom. The van der Waals surface area contributed by atoms with Crippen molar-refractivity contribution >= 4 is 16.8 Å². The topological polar surface area (TPSA) is 56.3 Å². The quantitative estimate of drug-likeness (QED) is 0.860. The van der Waals surface area contributed by atoms with Crippen LogP contribution in [-0.4, -0.2) is 39.6 Å². The smallest absolute Gasteiger partial charge is 0.227 e. The van der Waals surface area contributed by atoms with Gasteiger partial charge in [0.2, 0.25) is 5.91 Å². The number of aromatic nitrogens is 1. The summed E-state index contributed by atoms with van der Waals surface area (Å²) in [6.45, 7) is 4.63. The lowest BCUT2D eigenvalue weighted by molar-refractivity contribution is -0.151. The molecule has 1 saturated heterocycles. The molecule has 3 rings (SSSR count). The fourth-order valence-corrected chi connectivity index (χ4v) is 2.78. The molecular formula is C15H18N2O2. The molecule has 1 amide bonds. The number of rotatable bonds is 2. The van der Waals surface area contributed by atoms with Crippen LogP contribution in [0.3, 0.4) is 0 Å². The largest absolute Gasteiger partial charge is 0.386 e. The second kappa shape index (κ2) is 4.10. The van der Waals surface area contributed by atoms with Crippen molar-refractivity contribution in [3.63, 3.8) is 0 Å². The number of nitrogens with zero attached hydrogens (tertiary/aromatic N) is 1. The number of aryl methyl sites for hydroxylation is 1. The summed E-state index contributed by atoms with van der Waals surface area (Å²) >= 11 is 0. The third-order valence-corrected chi connectivity index (χ3v) is 3.77. The van der Waals surface area contributed by atoms with E-state index in [1.165, 1.54) is 0 Å². The van der Waals surface area contributed by atoms with Gasteiger partial charge in [-0.25, -0.2) is 0 Å². The van der Waals surface area contributed by atoms with Gasteiger partial charge in [0.15, 0.2) is 0 Å². The predicted octanol–water partition coefficient (Wildman–Crippen LogP) is 1.61. The van der Waals surface area contributed by atoms with Crippen molar-refractivity contribution < 1.29 is 9.90 Å². The molecule has 2 aromatic rings. The fraction of sp³-hybridized carbons (Fsp3) is 0.400. The van der Waals surface area contributed by atoms with Gasteiger partial charge in [0.05, 0.1) is 25.1 Å². The van der Waals surface area contributed by atoms with Gasteiger partial charge in [-0.1, -0.05) is 18.2 Å². The summed E-state index contributed by atoms with van der Waals surface area (Å²) < 4.78 is 0. The van der Waals surface area contributed by atoms with E-state index in [-0.39, 0.29) is 5.91 Å². The zero-order chi connectivity index (χ0) is 13.6. The second-order valence-corrected chi connectivity index (χ2v) is 5.70. The number of para-hydroxylation sites is 1. The van der Waals surface area contributed by atoms with Gasteiger partial charge in [-0.2, -0.15) is 0 Å². The Morgan fingerprint density at radius 2 is 2.11 bits per heavy atom. The highest BCUT2D eigenvalue weighted by atomic mass is 16.3. The number of fused-ring (bicyclic) bond motifs is 1. The van der Waals surface area contributed by atoms with Crippen LogP contribution in [0.2, 0.25) is 0 Å². The first-order chi connectivity index (χ1) is 8.96. The molecule has 0 unspecified atom stereocenters. The molecule has 0 atom stereocenters. The summed E-state index contributed by atoms with van der Waals surface area (Å²) in [5.41, 5.74) is 2.47. The van der Waals surface area contributed by atoms with Crippen molar-refractivity contribution in [2.75, 3.05) is 13.1 Å². The van der Waals surface area contributed by atoms with Crippen LogP contribution in [0.1, 0.15) is 18.2 Å². The maximum absolute atomic E-state index is 12.2. The highest BCUT2D eigenvalue weighted by Crippen LogP contribution is 2.25. The van der Waals surface area contributed by atoms with Gasteiger partial charge < -0.3 is 15.0 Å². The molecule has 2 heterocycles. The van der Waals surface area contributed by atoms with Crippen molar-refractivity contribution in [1.82, 2.24) is 9.88 Å². The van der Waals surface area contributed by atoms with Crippen molar-refractivity contribution in [3.8, 4) is 0 Å². The summed E-state index contributed by atoms with van der Waals surface area (Å²) in [6, 6.07) is 8.02. The van der Waals surface area contributed by atoms with Crippen LogP contribution in [0, 0.1) is 6.92 Å². The van der Waals surface area contributed by atoms with Gasteiger partial charge in [0.1, 0.15) is 0 Å². The maximum Gasteiger partial charge on any atom is 0.227 e. The molecule has 4 nitrogen and oxygen atoms in total. The number of H-pyrrole nitrogens is 1. The van der Waals surface area contributed by atoms with E-state index in [9.17, 15) is 9.90 Å². The van der Waals surface area contributed by atoms with Crippen LogP contribution in [0.15, 0.2) is 24.3 Å². The molecule has 0 radical (unpaired) electrons. The number of benzene rings is 1. The van der Waals surface area contributed by atoms with Gasteiger partial charge in [-0.05, 0) is 25.5 Å². The zero-order valence-electron chi connectivity index (χ0n) is 11.2. The molecule has 2 N–H and O–H groups in total. The minimum Gasteiger partial charge on any atom is -0.386 e. The monoisotopic (exact) mass is 258 g/mol. The van der Waals surface area contributed by atoms with Crippen molar-refractivity contribution in [2.24, 2.45) is 0 Å². The van der Waals surface area contributed by atoms with Crippen molar-refractivity contribution in [1.29, 1.82) is 0 Å². The summed E-state index contributed by atoms with van der Waals surface area (Å²) in [5.74, 6) is 0.0828. The Balaban J connectivity index is 1.82. The lowest BCUT2D eigenvalue weighted by atomic mass is 9.95. The third kappa shape index (κ3) is 2.12. The number of likely N-dealkylation sites (tertiary alicyclic amines) is 1. The van der Waals surface area contributed by atoms with E-state index in [0.29, 0.717) is 19.5 Å². The number of carbonyl (C=O) groups excluding carboxylic acids is 1. The Hall–Kier alpha value is -1.81. The van der Waals surface area contributed by atoms with Gasteiger partial charge in [0.25, 0.3) is 0 Å². The van der Waals surface area contributed by atoms with E-state index < -0.39 is 5.60 Å². The summed E-state index contributed by atoms with van der Waals surface area (Å²) in [7, 11) is 0. The molecule has 1 aromatic carbocycles. The minimum atomic E-state index is -0.703. The van der Waals surface area contributed by atoms with Gasteiger partial charge in [0, 0.05) is 16.6 Å². The van der Waals surface area contributed by atoms with E-state index in [4.69, 9.17) is 0 Å². The lowest BCUT2D eigenvalue weighted by Crippen LogP contribution is -2.62. The fourth-order valence-electron chi connectivity index (χ4n) is 2.78. The average Bonchev–Trinajstić information content (AvgIpc) is 2.63. The maximum atomic E-state index is 12.2. The number of hydrogen-bond acceptors (Lipinski definition) is 2. The molecule has 19 heavy (non-hydrogen) atoms. The number of hydrogen-bond donors (Lipinski definition) is 2. The Labute approximate surface area is 112 Å². The highest BCUT2D eigenvalue weighted by Gasteiger charge is 2.39. The molecule has 0 spiro atoms. The SMILES string of the molecule is Cc1[nH]c2ccccc2c1CC(=O)N1CC(C)(O)C1. The standard InChI is InChI=1S/C15H18N2O2/c1-10-12(11-5-3-4-6-13(11)16-10)7-14(18)17-8-15(2,19)9-17/h3-6,16,19H,7-9H2,1-2H3. The van der Waals surface area contributed by atoms with E-state index >= 15 is 0 Å². The van der Waals surface area contributed by atoms with Gasteiger partial charge >= 0.3 is 0 Å². The van der Waals surface area contributed by atoms with E-state index in [1.807, 2.05) is 31.2 Å². The molecule has 100 valence electrons. The number of nitrogens with one attached hydrogen (secondary N) is 1. The first kappa shape index (κ1) is 12.2. The van der Waals surface area contributed by atoms with Crippen molar-refractivity contribution in [3.05, 3.63) is 35.5 Å². The number of aromatic amines is 1. The molecule has 0 saturated carbocycles. The van der Waals surface area contributed by atoms with Crippen LogP contribution >= 0.6 is 0 Å². The normalized spacial score (nSPS) is 17.5. The number of amides is 1. The number of aliphatic hydroxyl groups is 1. The molecule has 1 aliphatic heterocycles. The van der Waals surface area contributed by atoms with Crippen LogP contribution in [0.4, 0.5) is 0 Å². The zero-order valence-corrected chi connectivity index (χ0v) is 11.2. The van der Waals surface area contributed by atoms with Crippen LogP contribution < -0.4 is 0 Å². The molecule has 1 fully saturated rings. The summed E-state index contributed by atoms with van der Waals surface area (Å²) in [6.07, 6.45) is 0.395. The van der Waals surface area contributed by atoms with Crippen LogP contribution in [-0.2, 0) is 11.2 Å². The Bertz CT molecular complexity index is 635. The van der Waals surface area contributed by atoms with Crippen LogP contribution in [0.25, 0.3) is 10.9 Å². The predicted molar refractivity (Wildman–Crippen MR) is 73.9 cm³/mol. The molecule has 0 bridgehead atoms. The average molecular weight is 258 g/mol. The van der Waals surface area contributed by atoms with E-state index in [1.54, 1.807) is 11.8 Å². The first-order valence-electron chi connectivity index (χ1n) is 6.53. The first-order valence-corrected chi connectivity index (χ1v) is 6.53. The lowest BCUT2D eigenvalue weighted by Gasteiger charge is -2.44. The molecule has 1 aromatic heterocycles. The highest BCUT2D eigenvalue weighted by molar-refractivity contribution is 5.90. The van der Waals surface area contributed by atoms with Crippen molar-refractivity contribution in [2.45, 2.75) is 25.9 Å². The van der Waals surface area contributed by atoms with Crippen LogP contribution in [0.5, 0.6) is 0 Å². The minimum absolute atomic E-state index is 0.0828. The Morgan fingerprint density at radius 3 is 2.79 bits per heavy atom. The molecule has 1 aliphatic rings. The van der Waals surface area contributed by atoms with E-state index in [0.717, 1.165) is 22.2 Å². The number of β-amino-alcohol motifs (C(OH)–C–C–N with tert-alkyl or cyclic N) is 1. The Kier molecular flexibility index (Phi) is 2.64. The molecule has 0 aliphatic carbocycles. The summed E-state index contributed by atoms with van der Waals surface area (Å²) in [4.78, 5) is 17.2. The number of carbonyl (C=O) groups is 1. The molecular weight excluding hydrogens is 240 g/mol. The summed E-state index contributed by atoms with van der Waals surface area (Å²) in [5, 5.41) is 10.8.